The predicted octanol–water partition coefficient (Wildman–Crippen LogP) is 2.64. The number of nitrogen functional groups attached to an aromatic ring is 1. The summed E-state index contributed by atoms with van der Waals surface area (Å²) in [7, 11) is 0. The van der Waals surface area contributed by atoms with Crippen LogP contribution in [0.1, 0.15) is 12.5 Å². The molecule has 0 atom stereocenters. The zero-order valence-corrected chi connectivity index (χ0v) is 9.42. The maximum atomic E-state index is 13.0. The molecule has 1 rings (SSSR count). The van der Waals surface area contributed by atoms with Crippen molar-refractivity contribution in [2.24, 2.45) is 0 Å². The molecule has 0 radical (unpaired) electrons. The number of benzene rings is 1. The number of rotatable bonds is 3. The van der Waals surface area contributed by atoms with E-state index in [9.17, 15) is 9.18 Å². The Bertz CT molecular complexity index is 432. The molecule has 86 valence electrons. The van der Waals surface area contributed by atoms with E-state index in [2.05, 4.69) is 4.74 Å². The highest BCUT2D eigenvalue weighted by atomic mass is 35.5. The SMILES string of the molecule is CCOC(=O)C=Cc1cc(N)c(F)cc1Cl. The highest BCUT2D eigenvalue weighted by Crippen LogP contribution is 2.23. The molecular weight excluding hydrogens is 233 g/mol. The average molecular weight is 244 g/mol. The standard InChI is InChI=1S/C11H11ClFNO2/c1-2-16-11(15)4-3-7-5-10(14)9(13)6-8(7)12/h3-6H,2,14H2,1H3. The summed E-state index contributed by atoms with van der Waals surface area (Å²) in [6.45, 7) is 2.00. The lowest BCUT2D eigenvalue weighted by Gasteiger charge is -2.02. The van der Waals surface area contributed by atoms with Crippen LogP contribution in [0.3, 0.4) is 0 Å². The molecule has 0 amide bonds. The van der Waals surface area contributed by atoms with Gasteiger partial charge in [0.25, 0.3) is 0 Å². The lowest BCUT2D eigenvalue weighted by molar-refractivity contribution is -0.137. The molecule has 0 heterocycles. The number of ether oxygens (including phenoxy) is 1. The molecule has 0 spiro atoms. The molecule has 0 aliphatic heterocycles. The summed E-state index contributed by atoms with van der Waals surface area (Å²) in [4.78, 5) is 11.0. The van der Waals surface area contributed by atoms with E-state index in [-0.39, 0.29) is 10.7 Å². The summed E-state index contributed by atoms with van der Waals surface area (Å²) in [5.41, 5.74) is 5.82. The van der Waals surface area contributed by atoms with Gasteiger partial charge in [-0.05, 0) is 30.7 Å². The Balaban J connectivity index is 2.89. The highest BCUT2D eigenvalue weighted by molar-refractivity contribution is 6.32. The summed E-state index contributed by atoms with van der Waals surface area (Å²) in [6.07, 6.45) is 2.64. The maximum Gasteiger partial charge on any atom is 0.330 e. The van der Waals surface area contributed by atoms with Crippen molar-refractivity contribution in [2.75, 3.05) is 12.3 Å². The molecule has 0 saturated heterocycles. The first-order valence-corrected chi connectivity index (χ1v) is 5.01. The van der Waals surface area contributed by atoms with Crippen LogP contribution in [0.5, 0.6) is 0 Å². The Morgan fingerprint density at radius 2 is 2.31 bits per heavy atom. The van der Waals surface area contributed by atoms with Crippen LogP contribution in [-0.2, 0) is 9.53 Å². The molecule has 1 aromatic carbocycles. The Morgan fingerprint density at radius 1 is 1.62 bits per heavy atom. The van der Waals surface area contributed by atoms with E-state index in [0.29, 0.717) is 12.2 Å². The van der Waals surface area contributed by atoms with Crippen molar-refractivity contribution in [2.45, 2.75) is 6.92 Å². The van der Waals surface area contributed by atoms with Crippen molar-refractivity contribution in [1.82, 2.24) is 0 Å². The van der Waals surface area contributed by atoms with E-state index in [4.69, 9.17) is 17.3 Å². The predicted molar refractivity (Wildman–Crippen MR) is 61.5 cm³/mol. The Kier molecular flexibility index (Phi) is 4.31. The summed E-state index contributed by atoms with van der Waals surface area (Å²) in [5, 5.41) is 0.187. The molecule has 3 nitrogen and oxygen atoms in total. The van der Waals surface area contributed by atoms with Gasteiger partial charge >= 0.3 is 5.97 Å². The first kappa shape index (κ1) is 12.5. The minimum absolute atomic E-state index is 0.0205. The number of hydrogen-bond acceptors (Lipinski definition) is 3. The molecule has 16 heavy (non-hydrogen) atoms. The second-order valence-corrected chi connectivity index (χ2v) is 3.39. The summed E-state index contributed by atoms with van der Waals surface area (Å²) in [5.74, 6) is -1.07. The Morgan fingerprint density at radius 3 is 2.94 bits per heavy atom. The molecule has 0 unspecified atom stereocenters. The van der Waals surface area contributed by atoms with Crippen molar-refractivity contribution >= 4 is 29.3 Å². The van der Waals surface area contributed by atoms with Crippen molar-refractivity contribution in [3.63, 3.8) is 0 Å². The normalized spacial score (nSPS) is 10.7. The lowest BCUT2D eigenvalue weighted by Crippen LogP contribution is -1.99. The van der Waals surface area contributed by atoms with Crippen LogP contribution in [-0.4, -0.2) is 12.6 Å². The van der Waals surface area contributed by atoms with Gasteiger partial charge in [0.2, 0.25) is 0 Å². The molecule has 2 N–H and O–H groups in total. The fraction of sp³-hybridized carbons (Fsp3) is 0.182. The smallest absolute Gasteiger partial charge is 0.330 e. The van der Waals surface area contributed by atoms with Crippen LogP contribution in [0.15, 0.2) is 18.2 Å². The molecule has 0 aliphatic carbocycles. The van der Waals surface area contributed by atoms with Crippen LogP contribution >= 0.6 is 11.6 Å². The quantitative estimate of drug-likeness (QED) is 0.504. The summed E-state index contributed by atoms with van der Waals surface area (Å²) in [6, 6.07) is 2.45. The van der Waals surface area contributed by atoms with Gasteiger partial charge in [-0.15, -0.1) is 0 Å². The van der Waals surface area contributed by atoms with Crippen LogP contribution in [0.2, 0.25) is 5.02 Å². The van der Waals surface area contributed by atoms with E-state index in [1.54, 1.807) is 6.92 Å². The van der Waals surface area contributed by atoms with Crippen molar-refractivity contribution < 1.29 is 13.9 Å². The molecule has 0 saturated carbocycles. The number of halogens is 2. The number of carbonyl (C=O) groups excluding carboxylic acids is 1. The Hall–Kier alpha value is -1.55. The fourth-order valence-corrected chi connectivity index (χ4v) is 1.27. The molecule has 0 aliphatic rings. The van der Waals surface area contributed by atoms with Gasteiger partial charge < -0.3 is 10.5 Å². The number of hydrogen-bond donors (Lipinski definition) is 1. The van der Waals surface area contributed by atoms with Crippen LogP contribution in [0, 0.1) is 5.82 Å². The number of esters is 1. The topological polar surface area (TPSA) is 52.3 Å². The number of anilines is 1. The van der Waals surface area contributed by atoms with Gasteiger partial charge in [-0.1, -0.05) is 11.6 Å². The third-order valence-electron chi connectivity index (χ3n) is 1.80. The maximum absolute atomic E-state index is 13.0. The van der Waals surface area contributed by atoms with E-state index in [1.807, 2.05) is 0 Å². The largest absolute Gasteiger partial charge is 0.463 e. The van der Waals surface area contributed by atoms with E-state index < -0.39 is 11.8 Å². The van der Waals surface area contributed by atoms with Crippen molar-refractivity contribution in [3.8, 4) is 0 Å². The van der Waals surface area contributed by atoms with Gasteiger partial charge in [-0.3, -0.25) is 0 Å². The van der Waals surface area contributed by atoms with Gasteiger partial charge in [0.1, 0.15) is 5.82 Å². The second kappa shape index (κ2) is 5.51. The second-order valence-electron chi connectivity index (χ2n) is 2.98. The van der Waals surface area contributed by atoms with E-state index >= 15 is 0 Å². The van der Waals surface area contributed by atoms with Gasteiger partial charge in [-0.25, -0.2) is 9.18 Å². The minimum atomic E-state index is -0.585. The fourth-order valence-electron chi connectivity index (χ4n) is 1.06. The zero-order valence-electron chi connectivity index (χ0n) is 8.67. The van der Waals surface area contributed by atoms with Gasteiger partial charge in [-0.2, -0.15) is 0 Å². The molecule has 1 aromatic rings. The molecular formula is C11H11ClFNO2. The van der Waals surface area contributed by atoms with Gasteiger partial charge in [0.15, 0.2) is 0 Å². The first-order valence-electron chi connectivity index (χ1n) is 4.64. The molecule has 5 heteroatoms. The molecule has 0 fully saturated rings. The first-order chi connectivity index (χ1) is 7.54. The zero-order chi connectivity index (χ0) is 12.1. The highest BCUT2D eigenvalue weighted by Gasteiger charge is 2.04. The minimum Gasteiger partial charge on any atom is -0.463 e. The average Bonchev–Trinajstić information content (AvgIpc) is 2.22. The van der Waals surface area contributed by atoms with Crippen LogP contribution in [0.4, 0.5) is 10.1 Å². The van der Waals surface area contributed by atoms with Gasteiger partial charge in [0.05, 0.1) is 17.3 Å². The number of nitrogens with two attached hydrogens (primary N) is 1. The van der Waals surface area contributed by atoms with Crippen molar-refractivity contribution in [3.05, 3.63) is 34.6 Å². The lowest BCUT2D eigenvalue weighted by atomic mass is 10.2. The van der Waals surface area contributed by atoms with E-state index in [1.165, 1.54) is 18.2 Å². The summed E-state index contributed by atoms with van der Waals surface area (Å²) < 4.78 is 17.6. The van der Waals surface area contributed by atoms with Crippen LogP contribution in [0.25, 0.3) is 6.08 Å². The monoisotopic (exact) mass is 243 g/mol. The van der Waals surface area contributed by atoms with Crippen LogP contribution < -0.4 is 5.73 Å². The number of carbonyl (C=O) groups is 1. The van der Waals surface area contributed by atoms with E-state index in [0.717, 1.165) is 6.07 Å². The summed E-state index contributed by atoms with van der Waals surface area (Å²) >= 11 is 5.76. The third kappa shape index (κ3) is 3.24. The molecule has 0 aromatic heterocycles. The Labute approximate surface area is 97.7 Å². The molecule has 0 bridgehead atoms. The third-order valence-corrected chi connectivity index (χ3v) is 2.13. The van der Waals surface area contributed by atoms with Gasteiger partial charge in [0, 0.05) is 6.08 Å². The van der Waals surface area contributed by atoms with Crippen molar-refractivity contribution in [1.29, 1.82) is 0 Å².